The molecule has 0 spiro atoms. The van der Waals surface area contributed by atoms with Crippen molar-refractivity contribution in [2.45, 2.75) is 64.5 Å². The van der Waals surface area contributed by atoms with E-state index >= 15 is 0 Å². The highest BCUT2D eigenvalue weighted by Gasteiger charge is 2.33. The van der Waals surface area contributed by atoms with E-state index in [1.54, 1.807) is 25.1 Å². The number of nitrogens with zero attached hydrogens (tertiary/aromatic N) is 2. The number of thiol groups is 1. The van der Waals surface area contributed by atoms with E-state index in [0.717, 1.165) is 29.6 Å². The lowest BCUT2D eigenvalue weighted by Gasteiger charge is -2.19. The van der Waals surface area contributed by atoms with Gasteiger partial charge in [0.05, 0.1) is 18.2 Å². The summed E-state index contributed by atoms with van der Waals surface area (Å²) in [5, 5.41) is 0. The molecule has 194 valence electrons. The summed E-state index contributed by atoms with van der Waals surface area (Å²) in [5.74, 6) is -1.41. The number of aryl methyl sites for hydroxylation is 2. The quantitative estimate of drug-likeness (QED) is 0.301. The molecule has 7 nitrogen and oxygen atoms in total. The minimum Gasteiger partial charge on any atom is -0.477 e. The lowest BCUT2D eigenvalue weighted by atomic mass is 9.90. The second-order valence-electron chi connectivity index (χ2n) is 8.37. The molecule has 1 aromatic heterocycles. The number of carbonyl (C=O) groups is 1. The molecule has 0 saturated heterocycles. The fourth-order valence-electron chi connectivity index (χ4n) is 3.76. The molecule has 0 fully saturated rings. The summed E-state index contributed by atoms with van der Waals surface area (Å²) in [6, 6.07) is 7.14. The van der Waals surface area contributed by atoms with E-state index < -0.39 is 34.6 Å². The molecule has 0 saturated carbocycles. The zero-order valence-electron chi connectivity index (χ0n) is 20.1. The number of carbonyl (C=O) groups excluding carboxylic acids is 1. The lowest BCUT2D eigenvalue weighted by molar-refractivity contribution is -0.141. The molecule has 1 amide bonds. The third-order valence-electron chi connectivity index (χ3n) is 5.73. The van der Waals surface area contributed by atoms with E-state index in [1.165, 1.54) is 13.1 Å². The second kappa shape index (κ2) is 12.8. The Morgan fingerprint density at radius 1 is 1.17 bits per heavy atom. The number of pyridine rings is 1. The van der Waals surface area contributed by atoms with Crippen molar-refractivity contribution in [1.29, 1.82) is 0 Å². The molecule has 0 bridgehead atoms. The van der Waals surface area contributed by atoms with Crippen molar-refractivity contribution in [3.63, 3.8) is 0 Å². The van der Waals surface area contributed by atoms with Crippen LogP contribution in [0.5, 0.6) is 5.88 Å². The molecular formula is C24H32F3N3O4S. The van der Waals surface area contributed by atoms with E-state index in [9.17, 15) is 26.4 Å². The van der Waals surface area contributed by atoms with Crippen LogP contribution in [0.1, 0.15) is 67.3 Å². The maximum atomic E-state index is 13.2. The van der Waals surface area contributed by atoms with Crippen LogP contribution in [-0.2, 0) is 28.3 Å². The monoisotopic (exact) mass is 515 g/mol. The Bertz CT molecular complexity index is 1080. The molecule has 0 radical (unpaired) electrons. The highest BCUT2D eigenvalue weighted by Crippen LogP contribution is 2.32. The van der Waals surface area contributed by atoms with Crippen LogP contribution in [0.3, 0.4) is 0 Å². The average Bonchev–Trinajstić information content (AvgIpc) is 2.78. The molecule has 1 heterocycles. The Labute approximate surface area is 205 Å². The van der Waals surface area contributed by atoms with Gasteiger partial charge >= 0.3 is 6.18 Å². The molecule has 2 aromatic rings. The number of hydrogen-bond acceptors (Lipinski definition) is 5. The Balaban J connectivity index is 2.25. The largest absolute Gasteiger partial charge is 0.477 e. The minimum absolute atomic E-state index is 0.0908. The number of alkyl halides is 3. The smallest absolute Gasteiger partial charge is 0.433 e. The average molecular weight is 516 g/mol. The van der Waals surface area contributed by atoms with Crippen LogP contribution in [0.15, 0.2) is 30.3 Å². The number of halogens is 3. The Morgan fingerprint density at radius 3 is 2.46 bits per heavy atom. The first-order valence-electron chi connectivity index (χ1n) is 11.4. The Kier molecular flexibility index (Phi) is 10.4. The number of nitrogens with two attached hydrogens (primary N) is 1. The van der Waals surface area contributed by atoms with E-state index in [2.05, 4.69) is 11.9 Å². The number of ether oxygens (including phenoxy) is 1. The van der Waals surface area contributed by atoms with Crippen LogP contribution in [-0.4, -0.2) is 33.0 Å². The zero-order valence-corrected chi connectivity index (χ0v) is 21.0. The standard InChI is InChI=1S/C24H32F3N3O4S/c1-4-5-6-7-14-34-23-17(10-13-21(29-23)24(25,26)27)8-11-19(22(28)31)18-9-12-20(16(2)15-18)30(3)35(32)33/h9-10,12-13,15,19,35H,4-8,11,14H2,1-3H3,(H2,28,31). The summed E-state index contributed by atoms with van der Waals surface area (Å²) >= 11 is 0. The van der Waals surface area contributed by atoms with Gasteiger partial charge in [-0.1, -0.05) is 44.4 Å². The number of aromatic nitrogens is 1. The van der Waals surface area contributed by atoms with Gasteiger partial charge < -0.3 is 10.5 Å². The first-order chi connectivity index (χ1) is 16.5. The van der Waals surface area contributed by atoms with Crippen molar-refractivity contribution in [2.24, 2.45) is 5.73 Å². The minimum atomic E-state index is -4.60. The van der Waals surface area contributed by atoms with Gasteiger partial charge in [-0.2, -0.15) is 13.2 Å². The van der Waals surface area contributed by atoms with Crippen LogP contribution < -0.4 is 14.8 Å². The van der Waals surface area contributed by atoms with Crippen molar-refractivity contribution in [3.05, 3.63) is 52.7 Å². The molecule has 1 atom stereocenters. The van der Waals surface area contributed by atoms with E-state index in [0.29, 0.717) is 28.8 Å². The lowest BCUT2D eigenvalue weighted by Crippen LogP contribution is -2.23. The van der Waals surface area contributed by atoms with Crippen LogP contribution in [0.2, 0.25) is 0 Å². The molecule has 1 unspecified atom stereocenters. The topological polar surface area (TPSA) is 103 Å². The predicted octanol–water partition coefficient (Wildman–Crippen LogP) is 4.53. The predicted molar refractivity (Wildman–Crippen MR) is 129 cm³/mol. The maximum Gasteiger partial charge on any atom is 0.433 e. The van der Waals surface area contributed by atoms with Gasteiger partial charge in [-0.25, -0.2) is 13.4 Å². The van der Waals surface area contributed by atoms with Crippen LogP contribution in [0.4, 0.5) is 18.9 Å². The molecule has 0 aliphatic rings. The SMILES string of the molecule is CCCCCCOc1nc(C(F)(F)F)ccc1CCC(C(N)=O)c1ccc(N(C)[SH](=O)=O)c(C)c1. The number of rotatable bonds is 13. The van der Waals surface area contributed by atoms with Crippen molar-refractivity contribution in [2.75, 3.05) is 18.0 Å². The van der Waals surface area contributed by atoms with Gasteiger partial charge in [-0.15, -0.1) is 0 Å². The first kappa shape index (κ1) is 28.4. The maximum absolute atomic E-state index is 13.2. The highest BCUT2D eigenvalue weighted by atomic mass is 32.2. The summed E-state index contributed by atoms with van der Waals surface area (Å²) in [6.45, 7) is 4.02. The van der Waals surface area contributed by atoms with Crippen LogP contribution >= 0.6 is 0 Å². The molecule has 0 aliphatic carbocycles. The number of unbranched alkanes of at least 4 members (excludes halogenated alkanes) is 3. The summed E-state index contributed by atoms with van der Waals surface area (Å²) in [5.41, 5.74) is 6.75. The second-order valence-corrected chi connectivity index (χ2v) is 9.44. The molecule has 35 heavy (non-hydrogen) atoms. The van der Waals surface area contributed by atoms with Gasteiger partial charge in [0.2, 0.25) is 22.7 Å². The van der Waals surface area contributed by atoms with Gasteiger partial charge in [0, 0.05) is 12.6 Å². The van der Waals surface area contributed by atoms with E-state index in [4.69, 9.17) is 10.5 Å². The molecule has 1 aromatic carbocycles. The molecule has 2 N–H and O–H groups in total. The number of hydrogen-bond donors (Lipinski definition) is 2. The fourth-order valence-corrected chi connectivity index (χ4v) is 4.16. The molecule has 2 rings (SSSR count). The molecule has 0 aliphatic heterocycles. The summed E-state index contributed by atoms with van der Waals surface area (Å²) in [4.78, 5) is 15.9. The van der Waals surface area contributed by atoms with Gasteiger partial charge in [0.1, 0.15) is 5.69 Å². The third-order valence-corrected chi connectivity index (χ3v) is 6.43. The highest BCUT2D eigenvalue weighted by molar-refractivity contribution is 7.74. The third kappa shape index (κ3) is 8.12. The summed E-state index contributed by atoms with van der Waals surface area (Å²) in [7, 11) is -1.39. The van der Waals surface area contributed by atoms with Gasteiger partial charge in [-0.05, 0) is 49.4 Å². The first-order valence-corrected chi connectivity index (χ1v) is 12.6. The Morgan fingerprint density at radius 2 is 1.89 bits per heavy atom. The van der Waals surface area contributed by atoms with Crippen LogP contribution in [0.25, 0.3) is 0 Å². The van der Waals surface area contributed by atoms with Gasteiger partial charge in [0.25, 0.3) is 0 Å². The fraction of sp³-hybridized carbons (Fsp3) is 0.500. The van der Waals surface area contributed by atoms with Gasteiger partial charge in [0.15, 0.2) is 0 Å². The number of benzene rings is 1. The zero-order chi connectivity index (χ0) is 26.2. The number of amides is 1. The summed E-state index contributed by atoms with van der Waals surface area (Å²) in [6.07, 6.45) is -0.534. The van der Waals surface area contributed by atoms with Gasteiger partial charge in [-0.3, -0.25) is 9.10 Å². The number of anilines is 1. The van der Waals surface area contributed by atoms with Crippen LogP contribution in [0, 0.1) is 6.92 Å². The molecule has 11 heteroatoms. The number of primary amides is 1. The van der Waals surface area contributed by atoms with E-state index in [1.807, 2.05) is 0 Å². The van der Waals surface area contributed by atoms with E-state index in [-0.39, 0.29) is 25.3 Å². The normalized spacial score (nSPS) is 12.5. The summed E-state index contributed by atoms with van der Waals surface area (Å²) < 4.78 is 68.8. The van der Waals surface area contributed by atoms with Crippen molar-refractivity contribution in [3.8, 4) is 5.88 Å². The Hall–Kier alpha value is -2.82. The van der Waals surface area contributed by atoms with Crippen molar-refractivity contribution >= 4 is 22.5 Å². The van der Waals surface area contributed by atoms with Crippen molar-refractivity contribution in [1.82, 2.24) is 4.98 Å². The molecular weight excluding hydrogens is 483 g/mol. The van der Waals surface area contributed by atoms with Crippen molar-refractivity contribution < 1.29 is 31.1 Å².